The molecule has 0 aromatic heterocycles. The molecule has 0 aliphatic heterocycles. The Kier molecular flexibility index (Phi) is 3.60. The first kappa shape index (κ1) is 14.4. The van der Waals surface area contributed by atoms with Gasteiger partial charge in [-0.3, -0.25) is 0 Å². The van der Waals surface area contributed by atoms with Crippen LogP contribution in [0, 0.1) is 11.6 Å². The first-order valence-electron chi connectivity index (χ1n) is 7.26. The molecular formula is C20H12F2Se. The second-order valence-electron chi connectivity index (χ2n) is 5.32. The average molecular weight is 369 g/mol. The Balaban J connectivity index is 2.03. The van der Waals surface area contributed by atoms with Crippen LogP contribution in [0.5, 0.6) is 0 Å². The number of hydrogen-bond donors (Lipinski definition) is 0. The van der Waals surface area contributed by atoms with Gasteiger partial charge < -0.3 is 0 Å². The molecule has 0 atom stereocenters. The van der Waals surface area contributed by atoms with Gasteiger partial charge >= 0.3 is 139 Å². The molecule has 4 rings (SSSR count). The van der Waals surface area contributed by atoms with Crippen molar-refractivity contribution in [2.75, 3.05) is 0 Å². The van der Waals surface area contributed by atoms with Crippen LogP contribution >= 0.6 is 0 Å². The van der Waals surface area contributed by atoms with Crippen LogP contribution in [0.25, 0.3) is 21.5 Å². The van der Waals surface area contributed by atoms with Gasteiger partial charge in [-0.1, -0.05) is 0 Å². The maximum atomic E-state index is 14.3. The van der Waals surface area contributed by atoms with E-state index in [0.717, 1.165) is 21.3 Å². The monoisotopic (exact) mass is 370 g/mol. The van der Waals surface area contributed by atoms with Gasteiger partial charge in [-0.2, -0.15) is 0 Å². The molecule has 0 spiro atoms. The Bertz CT molecular complexity index is 1010. The van der Waals surface area contributed by atoms with Crippen molar-refractivity contribution in [2.24, 2.45) is 0 Å². The molecule has 0 heterocycles. The average Bonchev–Trinajstić information content (AvgIpc) is 2.57. The normalized spacial score (nSPS) is 11.2. The number of rotatable bonds is 2. The van der Waals surface area contributed by atoms with E-state index in [0.29, 0.717) is 10.8 Å². The molecule has 0 saturated heterocycles. The minimum absolute atomic E-state index is 0.0654. The summed E-state index contributed by atoms with van der Waals surface area (Å²) >= 11 is 0.0654. The second kappa shape index (κ2) is 5.77. The molecule has 0 N–H and O–H groups in total. The van der Waals surface area contributed by atoms with Gasteiger partial charge in [0.25, 0.3) is 0 Å². The molecule has 0 radical (unpaired) electrons. The molecule has 0 amide bonds. The summed E-state index contributed by atoms with van der Waals surface area (Å²) < 4.78 is 30.2. The third-order valence-corrected chi connectivity index (χ3v) is 6.06. The predicted octanol–water partition coefficient (Wildman–Crippen LogP) is 3.93. The predicted molar refractivity (Wildman–Crippen MR) is 92.8 cm³/mol. The number of benzene rings is 4. The van der Waals surface area contributed by atoms with E-state index in [-0.39, 0.29) is 15.0 Å². The quantitative estimate of drug-likeness (QED) is 0.371. The van der Waals surface area contributed by atoms with Crippen LogP contribution in [0.4, 0.5) is 8.78 Å². The van der Waals surface area contributed by atoms with E-state index in [1.807, 2.05) is 48.5 Å². The Morgan fingerprint density at radius 3 is 2.09 bits per heavy atom. The Morgan fingerprint density at radius 1 is 0.609 bits per heavy atom. The molecule has 112 valence electrons. The van der Waals surface area contributed by atoms with Gasteiger partial charge in [-0.05, 0) is 0 Å². The summed E-state index contributed by atoms with van der Waals surface area (Å²) in [5, 5.41) is 3.08. The molecule has 0 bridgehead atoms. The van der Waals surface area contributed by atoms with Crippen LogP contribution in [-0.2, 0) is 0 Å². The molecule has 0 aliphatic rings. The van der Waals surface area contributed by atoms with Gasteiger partial charge in [0.15, 0.2) is 0 Å². The Labute approximate surface area is 138 Å². The molecule has 0 saturated carbocycles. The summed E-state index contributed by atoms with van der Waals surface area (Å²) in [7, 11) is 0. The van der Waals surface area contributed by atoms with Crippen molar-refractivity contribution in [1.82, 2.24) is 0 Å². The third kappa shape index (κ3) is 2.63. The second-order valence-corrected chi connectivity index (χ2v) is 7.66. The van der Waals surface area contributed by atoms with E-state index < -0.39 is 11.6 Å². The van der Waals surface area contributed by atoms with E-state index in [9.17, 15) is 8.78 Å². The molecular weight excluding hydrogens is 357 g/mol. The number of hydrogen-bond acceptors (Lipinski definition) is 0. The van der Waals surface area contributed by atoms with Crippen LogP contribution in [0.3, 0.4) is 0 Å². The molecule has 23 heavy (non-hydrogen) atoms. The van der Waals surface area contributed by atoms with E-state index >= 15 is 0 Å². The molecule has 0 fully saturated rings. The van der Waals surface area contributed by atoms with Crippen molar-refractivity contribution in [3.8, 4) is 0 Å². The van der Waals surface area contributed by atoms with E-state index in [1.165, 1.54) is 10.5 Å². The van der Waals surface area contributed by atoms with Crippen LogP contribution in [0.2, 0.25) is 0 Å². The van der Waals surface area contributed by atoms with Gasteiger partial charge in [0.1, 0.15) is 0 Å². The zero-order valence-electron chi connectivity index (χ0n) is 12.1. The summed E-state index contributed by atoms with van der Waals surface area (Å²) in [6.45, 7) is 0. The Morgan fingerprint density at radius 2 is 1.30 bits per heavy atom. The first-order chi connectivity index (χ1) is 11.2. The van der Waals surface area contributed by atoms with Crippen molar-refractivity contribution < 1.29 is 8.78 Å². The van der Waals surface area contributed by atoms with Crippen molar-refractivity contribution in [3.05, 3.63) is 84.4 Å². The fourth-order valence-electron chi connectivity index (χ4n) is 2.80. The molecule has 0 nitrogen and oxygen atoms in total. The maximum absolute atomic E-state index is 14.3. The van der Waals surface area contributed by atoms with Crippen LogP contribution in [0.15, 0.2) is 72.8 Å². The van der Waals surface area contributed by atoms with Gasteiger partial charge in [0, 0.05) is 0 Å². The molecule has 0 unspecified atom stereocenters. The summed E-state index contributed by atoms with van der Waals surface area (Å²) in [5.41, 5.74) is 0. The summed E-state index contributed by atoms with van der Waals surface area (Å²) in [4.78, 5) is 0. The van der Waals surface area contributed by atoms with Gasteiger partial charge in [0.05, 0.1) is 0 Å². The topological polar surface area (TPSA) is 0 Å². The zero-order chi connectivity index (χ0) is 15.8. The first-order valence-corrected chi connectivity index (χ1v) is 8.97. The van der Waals surface area contributed by atoms with Crippen LogP contribution < -0.4 is 8.92 Å². The van der Waals surface area contributed by atoms with Crippen LogP contribution in [-0.4, -0.2) is 15.0 Å². The van der Waals surface area contributed by atoms with Crippen molar-refractivity contribution in [2.45, 2.75) is 0 Å². The minimum atomic E-state index is -0.540. The number of fused-ring (bicyclic) bond motifs is 3. The molecule has 3 heteroatoms. The van der Waals surface area contributed by atoms with Crippen molar-refractivity contribution in [3.63, 3.8) is 0 Å². The molecule has 4 aromatic carbocycles. The standard InChI is InChI=1S/C20H12F2Se/c21-13-10-17-15-8-4-5-9-16(15)20(12-18(17)19(22)11-13)23-14-6-2-1-3-7-14/h1-12H. The van der Waals surface area contributed by atoms with E-state index in [4.69, 9.17) is 0 Å². The Hall–Kier alpha value is -2.22. The van der Waals surface area contributed by atoms with Crippen LogP contribution in [0.1, 0.15) is 0 Å². The van der Waals surface area contributed by atoms with Crippen molar-refractivity contribution in [1.29, 1.82) is 0 Å². The SMILES string of the molecule is Fc1cc(F)c2cc([Se]c3ccccc3)c3ccccc3c2c1. The number of halogens is 2. The van der Waals surface area contributed by atoms with Crippen molar-refractivity contribution >= 4 is 45.4 Å². The van der Waals surface area contributed by atoms with Gasteiger partial charge in [-0.15, -0.1) is 0 Å². The van der Waals surface area contributed by atoms with Gasteiger partial charge in [0.2, 0.25) is 0 Å². The third-order valence-electron chi connectivity index (χ3n) is 3.82. The van der Waals surface area contributed by atoms with E-state index in [1.54, 1.807) is 0 Å². The summed E-state index contributed by atoms with van der Waals surface area (Å²) in [5.74, 6) is -1.04. The summed E-state index contributed by atoms with van der Waals surface area (Å²) in [6.07, 6.45) is 0. The fourth-order valence-corrected chi connectivity index (χ4v) is 4.92. The van der Waals surface area contributed by atoms with E-state index in [2.05, 4.69) is 12.1 Å². The summed E-state index contributed by atoms with van der Waals surface area (Å²) in [6, 6.07) is 22.2. The fraction of sp³-hybridized carbons (Fsp3) is 0. The molecule has 4 aromatic rings. The zero-order valence-corrected chi connectivity index (χ0v) is 13.8. The van der Waals surface area contributed by atoms with Gasteiger partial charge in [-0.25, -0.2) is 0 Å². The molecule has 0 aliphatic carbocycles.